The third-order valence-electron chi connectivity index (χ3n) is 1.56. The summed E-state index contributed by atoms with van der Waals surface area (Å²) in [6, 6.07) is 0. The van der Waals surface area contributed by atoms with Crippen molar-refractivity contribution in [3.8, 4) is 0 Å². The van der Waals surface area contributed by atoms with Crippen molar-refractivity contribution in [3.05, 3.63) is 5.01 Å². The fourth-order valence-electron chi connectivity index (χ4n) is 0.930. The molecule has 1 aromatic heterocycles. The average molecular weight is 246 g/mol. The number of aliphatic hydroxyl groups excluding tert-OH is 1. The summed E-state index contributed by atoms with van der Waals surface area (Å²) in [5, 5.41) is 22.6. The van der Waals surface area contributed by atoms with Gasteiger partial charge in [-0.15, -0.1) is 10.2 Å². The number of rotatable bonds is 7. The normalized spacial score (nSPS) is 10.4. The lowest BCUT2D eigenvalue weighted by Crippen LogP contribution is -2.29. The number of hydrogen-bond donors (Lipinski definition) is 3. The highest BCUT2D eigenvalue weighted by Gasteiger charge is 2.07. The Bertz CT molecular complexity index is 331. The molecular weight excluding hydrogens is 232 g/mol. The van der Waals surface area contributed by atoms with Gasteiger partial charge in [-0.05, 0) is 0 Å². The van der Waals surface area contributed by atoms with E-state index in [4.69, 9.17) is 9.84 Å². The summed E-state index contributed by atoms with van der Waals surface area (Å²) in [6.45, 7) is 0.915. The second kappa shape index (κ2) is 7.23. The average Bonchev–Trinajstić information content (AvgIpc) is 2.66. The number of nitrogens with zero attached hydrogens (tertiary/aromatic N) is 2. The van der Waals surface area contributed by atoms with Crippen LogP contribution < -0.4 is 10.6 Å². The molecule has 0 aliphatic rings. The van der Waals surface area contributed by atoms with Crippen LogP contribution in [-0.4, -0.2) is 48.0 Å². The van der Waals surface area contributed by atoms with E-state index >= 15 is 0 Å². The van der Waals surface area contributed by atoms with Crippen molar-refractivity contribution in [1.29, 1.82) is 0 Å². The van der Waals surface area contributed by atoms with Gasteiger partial charge in [-0.1, -0.05) is 11.3 Å². The number of methoxy groups -OCH3 is 1. The van der Waals surface area contributed by atoms with Crippen LogP contribution in [0, 0.1) is 0 Å². The highest BCUT2D eigenvalue weighted by Crippen LogP contribution is 2.15. The zero-order chi connectivity index (χ0) is 11.8. The van der Waals surface area contributed by atoms with Crippen LogP contribution in [0.15, 0.2) is 0 Å². The number of carbonyl (C=O) groups is 1. The van der Waals surface area contributed by atoms with Gasteiger partial charge in [0.05, 0.1) is 13.2 Å². The minimum atomic E-state index is -0.214. The summed E-state index contributed by atoms with van der Waals surface area (Å²) in [5.41, 5.74) is 0. The number of amides is 1. The Morgan fingerprint density at radius 2 is 2.38 bits per heavy atom. The van der Waals surface area contributed by atoms with Crippen LogP contribution in [0.25, 0.3) is 0 Å². The third-order valence-corrected chi connectivity index (χ3v) is 2.37. The maximum Gasteiger partial charge on any atom is 0.240 e. The van der Waals surface area contributed by atoms with Crippen LogP contribution in [0.5, 0.6) is 0 Å². The van der Waals surface area contributed by atoms with Crippen LogP contribution in [-0.2, 0) is 16.1 Å². The van der Waals surface area contributed by atoms with Gasteiger partial charge in [0.2, 0.25) is 11.0 Å². The number of carbonyl (C=O) groups excluding carboxylic acids is 1. The third kappa shape index (κ3) is 4.62. The Labute approximate surface area is 96.8 Å². The van der Waals surface area contributed by atoms with Crippen molar-refractivity contribution in [2.24, 2.45) is 0 Å². The van der Waals surface area contributed by atoms with E-state index in [2.05, 4.69) is 20.8 Å². The van der Waals surface area contributed by atoms with Crippen LogP contribution >= 0.6 is 11.3 Å². The summed E-state index contributed by atoms with van der Waals surface area (Å²) in [5.74, 6) is -0.214. The molecule has 0 aromatic carbocycles. The molecule has 7 nitrogen and oxygen atoms in total. The number of aromatic nitrogens is 2. The van der Waals surface area contributed by atoms with E-state index in [1.807, 2.05) is 0 Å². The Kier molecular flexibility index (Phi) is 5.86. The maximum atomic E-state index is 11.3. The molecule has 0 saturated carbocycles. The van der Waals surface area contributed by atoms with Gasteiger partial charge in [0.25, 0.3) is 0 Å². The molecule has 0 bridgehead atoms. The Hall–Kier alpha value is -1.09. The summed E-state index contributed by atoms with van der Waals surface area (Å²) in [4.78, 5) is 11.3. The van der Waals surface area contributed by atoms with Gasteiger partial charge in [-0.3, -0.25) is 10.1 Å². The number of ether oxygens (including phenoxy) is 1. The van der Waals surface area contributed by atoms with Gasteiger partial charge in [0.15, 0.2) is 0 Å². The van der Waals surface area contributed by atoms with Gasteiger partial charge in [-0.2, -0.15) is 0 Å². The number of hydrogen-bond acceptors (Lipinski definition) is 7. The smallest absolute Gasteiger partial charge is 0.240 e. The van der Waals surface area contributed by atoms with Crippen molar-refractivity contribution < 1.29 is 14.6 Å². The lowest BCUT2D eigenvalue weighted by atomic mass is 10.5. The van der Waals surface area contributed by atoms with Crippen LogP contribution in [0.1, 0.15) is 5.01 Å². The zero-order valence-electron chi connectivity index (χ0n) is 8.89. The molecule has 16 heavy (non-hydrogen) atoms. The summed E-state index contributed by atoms with van der Waals surface area (Å²) < 4.78 is 4.88. The van der Waals surface area contributed by atoms with E-state index in [9.17, 15) is 4.79 Å². The highest BCUT2D eigenvalue weighted by atomic mass is 32.1. The van der Waals surface area contributed by atoms with E-state index in [-0.39, 0.29) is 19.1 Å². The van der Waals surface area contributed by atoms with Crippen molar-refractivity contribution in [2.75, 3.05) is 32.1 Å². The summed E-state index contributed by atoms with van der Waals surface area (Å²) >= 11 is 1.27. The van der Waals surface area contributed by atoms with Gasteiger partial charge < -0.3 is 15.2 Å². The molecule has 0 fully saturated rings. The van der Waals surface area contributed by atoms with Crippen molar-refractivity contribution in [2.45, 2.75) is 6.61 Å². The number of anilines is 1. The summed E-state index contributed by atoms with van der Waals surface area (Å²) in [6.07, 6.45) is 0. The monoisotopic (exact) mass is 246 g/mol. The van der Waals surface area contributed by atoms with Crippen LogP contribution in [0.2, 0.25) is 0 Å². The lowest BCUT2D eigenvalue weighted by Gasteiger charge is -2.01. The first-order chi connectivity index (χ1) is 7.76. The molecule has 0 aliphatic carbocycles. The molecular formula is C8H14N4O3S. The molecule has 0 spiro atoms. The molecule has 1 rings (SSSR count). The van der Waals surface area contributed by atoms with Crippen LogP contribution in [0.4, 0.5) is 5.13 Å². The first-order valence-electron chi connectivity index (χ1n) is 4.69. The molecule has 0 radical (unpaired) electrons. The quantitative estimate of drug-likeness (QED) is 0.545. The van der Waals surface area contributed by atoms with E-state index in [0.29, 0.717) is 23.3 Å². The van der Waals surface area contributed by atoms with Crippen molar-refractivity contribution in [1.82, 2.24) is 15.5 Å². The molecule has 0 saturated heterocycles. The zero-order valence-corrected chi connectivity index (χ0v) is 9.71. The van der Waals surface area contributed by atoms with Gasteiger partial charge in [-0.25, -0.2) is 0 Å². The Balaban J connectivity index is 2.31. The molecule has 0 aliphatic heterocycles. The molecule has 0 atom stereocenters. The fourth-order valence-corrected chi connectivity index (χ4v) is 1.66. The summed E-state index contributed by atoms with van der Waals surface area (Å²) in [7, 11) is 1.57. The van der Waals surface area contributed by atoms with E-state index in [0.717, 1.165) is 0 Å². The van der Waals surface area contributed by atoms with Crippen molar-refractivity contribution in [3.63, 3.8) is 0 Å². The molecule has 8 heteroatoms. The van der Waals surface area contributed by atoms with E-state index in [1.165, 1.54) is 11.3 Å². The van der Waals surface area contributed by atoms with E-state index in [1.54, 1.807) is 7.11 Å². The maximum absolute atomic E-state index is 11.3. The van der Waals surface area contributed by atoms with Crippen LogP contribution in [0.3, 0.4) is 0 Å². The van der Waals surface area contributed by atoms with E-state index < -0.39 is 0 Å². The molecule has 0 unspecified atom stereocenters. The standard InChI is InChI=1S/C8H14N4O3S/c1-15-5-7-11-12-8(16-7)10-6(14)4-9-2-3-13/h9,13H,2-5H2,1H3,(H,10,12,14). The lowest BCUT2D eigenvalue weighted by molar-refractivity contribution is -0.115. The van der Waals surface area contributed by atoms with Crippen molar-refractivity contribution >= 4 is 22.4 Å². The minimum absolute atomic E-state index is 0.00404. The second-order valence-electron chi connectivity index (χ2n) is 2.88. The topological polar surface area (TPSA) is 96.4 Å². The number of nitrogens with one attached hydrogen (secondary N) is 2. The van der Waals surface area contributed by atoms with Gasteiger partial charge >= 0.3 is 0 Å². The Morgan fingerprint density at radius 1 is 1.56 bits per heavy atom. The highest BCUT2D eigenvalue weighted by molar-refractivity contribution is 7.15. The molecule has 1 aromatic rings. The molecule has 90 valence electrons. The fraction of sp³-hybridized carbons (Fsp3) is 0.625. The largest absolute Gasteiger partial charge is 0.395 e. The number of aliphatic hydroxyl groups is 1. The Morgan fingerprint density at radius 3 is 3.06 bits per heavy atom. The predicted octanol–water partition coefficient (Wildman–Crippen LogP) is -0.795. The minimum Gasteiger partial charge on any atom is -0.395 e. The predicted molar refractivity (Wildman–Crippen MR) is 59.2 cm³/mol. The van der Waals surface area contributed by atoms with Gasteiger partial charge in [0, 0.05) is 13.7 Å². The first-order valence-corrected chi connectivity index (χ1v) is 5.50. The second-order valence-corrected chi connectivity index (χ2v) is 3.94. The molecule has 3 N–H and O–H groups in total. The molecule has 1 heterocycles. The van der Waals surface area contributed by atoms with Gasteiger partial charge in [0.1, 0.15) is 11.6 Å². The first kappa shape index (κ1) is 13.0. The SMILES string of the molecule is COCc1nnc(NC(=O)CNCCO)s1. The molecule has 1 amide bonds.